The third-order valence-electron chi connectivity index (χ3n) is 4.92. The van der Waals surface area contributed by atoms with Gasteiger partial charge in [-0.25, -0.2) is 4.98 Å². The lowest BCUT2D eigenvalue weighted by atomic mass is 9.78. The predicted molar refractivity (Wildman–Crippen MR) is 82.3 cm³/mol. The molecule has 1 aliphatic heterocycles. The average molecular weight is 272 g/mol. The summed E-state index contributed by atoms with van der Waals surface area (Å²) >= 11 is 0. The molecule has 0 bridgehead atoms. The summed E-state index contributed by atoms with van der Waals surface area (Å²) in [7, 11) is 0. The average Bonchev–Trinajstić information content (AvgIpc) is 2.46. The first-order chi connectivity index (χ1) is 9.68. The molecule has 0 spiro atoms. The quantitative estimate of drug-likeness (QED) is 0.642. The molecule has 1 aromatic rings. The molecule has 4 nitrogen and oxygen atoms in total. The number of rotatable bonds is 2. The molecule has 4 heteroatoms. The molecule has 2 fully saturated rings. The molecular formula is C16H24N4. The number of piperidine rings is 1. The Bertz CT molecular complexity index is 509. The van der Waals surface area contributed by atoms with Gasteiger partial charge in [0.15, 0.2) is 0 Å². The van der Waals surface area contributed by atoms with E-state index in [1.165, 1.54) is 38.5 Å². The number of nitrogens with one attached hydrogen (secondary N) is 1. The van der Waals surface area contributed by atoms with Crippen LogP contribution in [-0.2, 0) is 0 Å². The molecule has 0 unspecified atom stereocenters. The van der Waals surface area contributed by atoms with Crippen molar-refractivity contribution < 1.29 is 0 Å². The minimum Gasteiger partial charge on any atom is -0.384 e. The number of nitrogen functional groups attached to an aromatic ring is 1. The van der Waals surface area contributed by atoms with E-state index in [1.54, 1.807) is 0 Å². The Morgan fingerprint density at radius 1 is 1.30 bits per heavy atom. The fourth-order valence-electron chi connectivity index (χ4n) is 3.98. The van der Waals surface area contributed by atoms with E-state index in [0.717, 1.165) is 29.4 Å². The Balaban J connectivity index is 1.99. The highest BCUT2D eigenvalue weighted by Crippen LogP contribution is 2.38. The van der Waals surface area contributed by atoms with Gasteiger partial charge in [-0.15, -0.1) is 0 Å². The standard InChI is InChI=1S/C16H24N4/c1-11-8-9-19-16(14(11)15(17)18)20-10-4-6-12-5-2-3-7-13(12)20/h8-9,12-13H,2-7,10H2,1H3,(H3,17,18)/t12-,13-/m1/s1. The van der Waals surface area contributed by atoms with Crippen molar-refractivity contribution in [3.05, 3.63) is 23.4 Å². The van der Waals surface area contributed by atoms with Crippen molar-refractivity contribution in [1.82, 2.24) is 4.98 Å². The highest BCUT2D eigenvalue weighted by atomic mass is 15.2. The van der Waals surface area contributed by atoms with Crippen molar-refractivity contribution in [2.24, 2.45) is 11.7 Å². The highest BCUT2D eigenvalue weighted by molar-refractivity contribution is 6.01. The Hall–Kier alpha value is -1.58. The molecule has 3 N–H and O–H groups in total. The van der Waals surface area contributed by atoms with Crippen LogP contribution in [0.1, 0.15) is 49.7 Å². The van der Waals surface area contributed by atoms with Crippen LogP contribution in [0.25, 0.3) is 0 Å². The summed E-state index contributed by atoms with van der Waals surface area (Å²) in [5.41, 5.74) is 7.69. The number of nitrogens with two attached hydrogens (primary N) is 1. The van der Waals surface area contributed by atoms with Crippen molar-refractivity contribution >= 4 is 11.7 Å². The van der Waals surface area contributed by atoms with Gasteiger partial charge >= 0.3 is 0 Å². The first kappa shape index (κ1) is 13.4. The lowest BCUT2D eigenvalue weighted by Gasteiger charge is -2.45. The molecule has 2 heterocycles. The Morgan fingerprint density at radius 2 is 2.05 bits per heavy atom. The second-order valence-electron chi connectivity index (χ2n) is 6.19. The Morgan fingerprint density at radius 3 is 2.85 bits per heavy atom. The van der Waals surface area contributed by atoms with Crippen molar-refractivity contribution in [2.75, 3.05) is 11.4 Å². The van der Waals surface area contributed by atoms with Gasteiger partial charge in [0, 0.05) is 18.8 Å². The fraction of sp³-hybridized carbons (Fsp3) is 0.625. The minimum absolute atomic E-state index is 0.142. The van der Waals surface area contributed by atoms with Gasteiger partial charge in [0.25, 0.3) is 0 Å². The summed E-state index contributed by atoms with van der Waals surface area (Å²) in [5, 5.41) is 7.88. The van der Waals surface area contributed by atoms with Crippen LogP contribution in [0.15, 0.2) is 12.3 Å². The summed E-state index contributed by atoms with van der Waals surface area (Å²) < 4.78 is 0. The zero-order valence-electron chi connectivity index (χ0n) is 12.2. The molecule has 0 aromatic carbocycles. The second-order valence-corrected chi connectivity index (χ2v) is 6.19. The van der Waals surface area contributed by atoms with Crippen LogP contribution in [0.4, 0.5) is 5.82 Å². The predicted octanol–water partition coefficient (Wildman–Crippen LogP) is 2.83. The number of hydrogen-bond acceptors (Lipinski definition) is 3. The maximum atomic E-state index is 7.88. The molecule has 2 aliphatic rings. The van der Waals surface area contributed by atoms with Crippen LogP contribution in [0.5, 0.6) is 0 Å². The van der Waals surface area contributed by atoms with Crippen LogP contribution in [0.3, 0.4) is 0 Å². The van der Waals surface area contributed by atoms with Crippen molar-refractivity contribution in [3.63, 3.8) is 0 Å². The lowest BCUT2D eigenvalue weighted by Crippen LogP contribution is -2.48. The van der Waals surface area contributed by atoms with Crippen LogP contribution in [0, 0.1) is 18.3 Å². The first-order valence-corrected chi connectivity index (χ1v) is 7.75. The molecular weight excluding hydrogens is 248 g/mol. The molecule has 2 atom stereocenters. The van der Waals surface area contributed by atoms with E-state index >= 15 is 0 Å². The number of anilines is 1. The van der Waals surface area contributed by atoms with E-state index in [4.69, 9.17) is 11.1 Å². The van der Waals surface area contributed by atoms with Crippen molar-refractivity contribution in [1.29, 1.82) is 5.41 Å². The maximum absolute atomic E-state index is 7.88. The zero-order valence-corrected chi connectivity index (χ0v) is 12.2. The van der Waals surface area contributed by atoms with Gasteiger partial charge in [0.2, 0.25) is 0 Å². The second kappa shape index (κ2) is 5.43. The van der Waals surface area contributed by atoms with E-state index in [2.05, 4.69) is 9.88 Å². The van der Waals surface area contributed by atoms with Crippen molar-refractivity contribution in [2.45, 2.75) is 51.5 Å². The van der Waals surface area contributed by atoms with Crippen LogP contribution in [-0.4, -0.2) is 23.4 Å². The topological polar surface area (TPSA) is 66.0 Å². The maximum Gasteiger partial charge on any atom is 0.140 e. The number of fused-ring (bicyclic) bond motifs is 1. The molecule has 1 aromatic heterocycles. The highest BCUT2D eigenvalue weighted by Gasteiger charge is 2.35. The van der Waals surface area contributed by atoms with Crippen molar-refractivity contribution in [3.8, 4) is 0 Å². The first-order valence-electron chi connectivity index (χ1n) is 7.75. The number of amidine groups is 1. The van der Waals surface area contributed by atoms with Gasteiger partial charge in [-0.1, -0.05) is 12.8 Å². The largest absolute Gasteiger partial charge is 0.384 e. The van der Waals surface area contributed by atoms with Crippen LogP contribution in [0.2, 0.25) is 0 Å². The summed E-state index contributed by atoms with van der Waals surface area (Å²) in [4.78, 5) is 7.02. The lowest BCUT2D eigenvalue weighted by molar-refractivity contribution is 0.242. The van der Waals surface area contributed by atoms with Gasteiger partial charge in [-0.2, -0.15) is 0 Å². The van der Waals surface area contributed by atoms with Gasteiger partial charge in [-0.3, -0.25) is 5.41 Å². The van der Waals surface area contributed by atoms with Gasteiger partial charge < -0.3 is 10.6 Å². The SMILES string of the molecule is Cc1ccnc(N2CCC[C@H]3CCCC[C@H]32)c1C(=N)N. The van der Waals surface area contributed by atoms with Crippen LogP contribution >= 0.6 is 0 Å². The zero-order chi connectivity index (χ0) is 14.1. The smallest absolute Gasteiger partial charge is 0.140 e. The summed E-state index contributed by atoms with van der Waals surface area (Å²) in [5.74, 6) is 1.89. The van der Waals surface area contributed by atoms with E-state index in [9.17, 15) is 0 Å². The summed E-state index contributed by atoms with van der Waals surface area (Å²) in [6.45, 7) is 3.07. The third kappa shape index (κ3) is 2.28. The normalized spacial score (nSPS) is 26.1. The number of pyridine rings is 1. The number of aromatic nitrogens is 1. The third-order valence-corrected chi connectivity index (χ3v) is 4.92. The van der Waals surface area contributed by atoms with E-state index in [-0.39, 0.29) is 5.84 Å². The molecule has 108 valence electrons. The summed E-state index contributed by atoms with van der Waals surface area (Å²) in [6.07, 6.45) is 9.73. The summed E-state index contributed by atoms with van der Waals surface area (Å²) in [6, 6.07) is 2.55. The van der Waals surface area contributed by atoms with Crippen LogP contribution < -0.4 is 10.6 Å². The number of aryl methyl sites for hydroxylation is 1. The van der Waals surface area contributed by atoms with E-state index < -0.39 is 0 Å². The molecule has 1 aliphatic carbocycles. The molecule has 0 radical (unpaired) electrons. The molecule has 3 rings (SSSR count). The molecule has 20 heavy (non-hydrogen) atoms. The van der Waals surface area contributed by atoms with Gasteiger partial charge in [0.05, 0.1) is 5.56 Å². The number of hydrogen-bond donors (Lipinski definition) is 2. The van der Waals surface area contributed by atoms with Gasteiger partial charge in [0.1, 0.15) is 11.7 Å². The van der Waals surface area contributed by atoms with E-state index in [0.29, 0.717) is 6.04 Å². The minimum atomic E-state index is 0.142. The molecule has 1 saturated heterocycles. The molecule has 1 saturated carbocycles. The fourth-order valence-corrected chi connectivity index (χ4v) is 3.98. The van der Waals surface area contributed by atoms with Gasteiger partial charge in [-0.05, 0) is 50.2 Å². The molecule has 0 amide bonds. The number of nitrogens with zero attached hydrogens (tertiary/aromatic N) is 2. The monoisotopic (exact) mass is 272 g/mol. The Labute approximate surface area is 120 Å². The van der Waals surface area contributed by atoms with E-state index in [1.807, 2.05) is 19.2 Å². The Kier molecular flexibility index (Phi) is 3.64.